The SMILES string of the molecule is O=S(=O)(NCCc1ccc2cc[nH]c2c1)c1cccs1. The van der Waals surface area contributed by atoms with E-state index in [-0.39, 0.29) is 0 Å². The summed E-state index contributed by atoms with van der Waals surface area (Å²) in [6, 6.07) is 11.5. The fraction of sp³-hybridized carbons (Fsp3) is 0.143. The number of H-pyrrole nitrogens is 1. The van der Waals surface area contributed by atoms with Crippen molar-refractivity contribution >= 4 is 32.3 Å². The molecular weight excluding hydrogens is 292 g/mol. The summed E-state index contributed by atoms with van der Waals surface area (Å²) >= 11 is 1.22. The molecule has 0 radical (unpaired) electrons. The molecule has 2 aromatic heterocycles. The third-order valence-corrected chi connectivity index (χ3v) is 5.94. The Balaban J connectivity index is 1.65. The molecule has 0 aliphatic rings. The highest BCUT2D eigenvalue weighted by atomic mass is 32.2. The van der Waals surface area contributed by atoms with Crippen molar-refractivity contribution in [3.05, 3.63) is 53.5 Å². The number of aromatic amines is 1. The zero-order valence-electron chi connectivity index (χ0n) is 10.7. The second-order valence-corrected chi connectivity index (χ2v) is 7.42. The van der Waals surface area contributed by atoms with Crippen molar-refractivity contribution in [2.45, 2.75) is 10.6 Å². The van der Waals surface area contributed by atoms with Crippen LogP contribution in [-0.4, -0.2) is 19.9 Å². The standard InChI is InChI=1S/C14H14N2O2S2/c17-20(18,14-2-1-9-19-14)16-8-5-11-3-4-12-6-7-15-13(12)10-11/h1-4,6-7,9-10,15-16H,5,8H2. The average molecular weight is 306 g/mol. The van der Waals surface area contributed by atoms with Gasteiger partial charge in [-0.15, -0.1) is 11.3 Å². The lowest BCUT2D eigenvalue weighted by molar-refractivity contribution is 0.584. The normalized spacial score (nSPS) is 12.0. The molecule has 4 nitrogen and oxygen atoms in total. The van der Waals surface area contributed by atoms with Gasteiger partial charge in [-0.05, 0) is 40.9 Å². The zero-order valence-corrected chi connectivity index (χ0v) is 12.3. The van der Waals surface area contributed by atoms with E-state index in [4.69, 9.17) is 0 Å². The van der Waals surface area contributed by atoms with E-state index in [0.29, 0.717) is 17.2 Å². The number of fused-ring (bicyclic) bond motifs is 1. The number of benzene rings is 1. The molecule has 0 aliphatic carbocycles. The van der Waals surface area contributed by atoms with Gasteiger partial charge in [0.1, 0.15) is 4.21 Å². The molecule has 0 amide bonds. The molecule has 2 heterocycles. The first-order valence-corrected chi connectivity index (χ1v) is 8.61. The maximum Gasteiger partial charge on any atom is 0.250 e. The Morgan fingerprint density at radius 3 is 2.90 bits per heavy atom. The minimum atomic E-state index is -3.36. The van der Waals surface area contributed by atoms with E-state index < -0.39 is 10.0 Å². The molecule has 6 heteroatoms. The summed E-state index contributed by atoms with van der Waals surface area (Å²) in [5.74, 6) is 0. The fourth-order valence-electron chi connectivity index (χ4n) is 2.07. The van der Waals surface area contributed by atoms with Crippen LogP contribution in [0.5, 0.6) is 0 Å². The molecule has 0 spiro atoms. The van der Waals surface area contributed by atoms with Crippen LogP contribution in [0.4, 0.5) is 0 Å². The summed E-state index contributed by atoms with van der Waals surface area (Å²) < 4.78 is 26.9. The van der Waals surface area contributed by atoms with Crippen molar-refractivity contribution < 1.29 is 8.42 Å². The van der Waals surface area contributed by atoms with E-state index in [0.717, 1.165) is 16.5 Å². The van der Waals surface area contributed by atoms with Gasteiger partial charge in [0.05, 0.1) is 0 Å². The van der Waals surface area contributed by atoms with Crippen molar-refractivity contribution in [3.8, 4) is 0 Å². The predicted octanol–water partition coefficient (Wildman–Crippen LogP) is 2.75. The summed E-state index contributed by atoms with van der Waals surface area (Å²) in [7, 11) is -3.36. The van der Waals surface area contributed by atoms with Gasteiger partial charge in [0.2, 0.25) is 10.0 Å². The molecule has 104 valence electrons. The van der Waals surface area contributed by atoms with Crippen LogP contribution < -0.4 is 4.72 Å². The largest absolute Gasteiger partial charge is 0.361 e. The van der Waals surface area contributed by atoms with Crippen molar-refractivity contribution in [1.29, 1.82) is 0 Å². The molecule has 1 aromatic carbocycles. The number of sulfonamides is 1. The third-order valence-electron chi connectivity index (χ3n) is 3.09. The topological polar surface area (TPSA) is 62.0 Å². The molecule has 20 heavy (non-hydrogen) atoms. The van der Waals surface area contributed by atoms with Gasteiger partial charge in [0, 0.05) is 18.3 Å². The first kappa shape index (κ1) is 13.4. The van der Waals surface area contributed by atoms with Gasteiger partial charge in [-0.3, -0.25) is 0 Å². The lowest BCUT2D eigenvalue weighted by atomic mass is 10.1. The van der Waals surface area contributed by atoms with Crippen LogP contribution in [0, 0.1) is 0 Å². The zero-order chi connectivity index (χ0) is 14.0. The van der Waals surface area contributed by atoms with Gasteiger partial charge in [0.15, 0.2) is 0 Å². The van der Waals surface area contributed by atoms with Crippen LogP contribution in [0.1, 0.15) is 5.56 Å². The molecular formula is C14H14N2O2S2. The molecule has 2 N–H and O–H groups in total. The Hall–Kier alpha value is -1.63. The Bertz CT molecular complexity index is 805. The highest BCUT2D eigenvalue weighted by Gasteiger charge is 2.13. The molecule has 3 aromatic rings. The minimum Gasteiger partial charge on any atom is -0.361 e. The van der Waals surface area contributed by atoms with E-state index in [9.17, 15) is 8.42 Å². The van der Waals surface area contributed by atoms with Crippen molar-refractivity contribution in [2.75, 3.05) is 6.54 Å². The first-order valence-electron chi connectivity index (χ1n) is 6.24. The molecule has 0 fully saturated rings. The lowest BCUT2D eigenvalue weighted by Crippen LogP contribution is -2.25. The van der Waals surface area contributed by atoms with Gasteiger partial charge >= 0.3 is 0 Å². The van der Waals surface area contributed by atoms with Crippen LogP contribution in [0.15, 0.2) is 52.2 Å². The quantitative estimate of drug-likeness (QED) is 0.761. The summed E-state index contributed by atoms with van der Waals surface area (Å²) in [4.78, 5) is 3.15. The van der Waals surface area contributed by atoms with Crippen molar-refractivity contribution in [1.82, 2.24) is 9.71 Å². The van der Waals surface area contributed by atoms with E-state index in [2.05, 4.69) is 15.8 Å². The van der Waals surface area contributed by atoms with Gasteiger partial charge < -0.3 is 4.98 Å². The summed E-state index contributed by atoms with van der Waals surface area (Å²) in [6.07, 6.45) is 2.56. The van der Waals surface area contributed by atoms with Gasteiger partial charge in [-0.1, -0.05) is 18.2 Å². The molecule has 0 atom stereocenters. The van der Waals surface area contributed by atoms with E-state index in [1.165, 1.54) is 11.3 Å². The number of hydrogen-bond acceptors (Lipinski definition) is 3. The molecule has 3 rings (SSSR count). The van der Waals surface area contributed by atoms with Gasteiger partial charge in [-0.2, -0.15) is 0 Å². The molecule has 0 unspecified atom stereocenters. The highest BCUT2D eigenvalue weighted by Crippen LogP contribution is 2.16. The fourth-order valence-corrected chi connectivity index (χ4v) is 4.14. The molecule has 0 saturated carbocycles. The monoisotopic (exact) mass is 306 g/mol. The summed E-state index contributed by atoms with van der Waals surface area (Å²) in [5, 5.41) is 2.92. The Morgan fingerprint density at radius 2 is 2.10 bits per heavy atom. The minimum absolute atomic E-state index is 0.359. The number of hydrogen-bond donors (Lipinski definition) is 2. The Kier molecular flexibility index (Phi) is 3.60. The number of nitrogens with one attached hydrogen (secondary N) is 2. The maximum absolute atomic E-state index is 11.9. The summed E-state index contributed by atoms with van der Waals surface area (Å²) in [5.41, 5.74) is 2.18. The molecule has 0 aliphatic heterocycles. The average Bonchev–Trinajstić information content (AvgIpc) is 3.09. The van der Waals surface area contributed by atoms with Crippen molar-refractivity contribution in [2.24, 2.45) is 0 Å². The second-order valence-electron chi connectivity index (χ2n) is 4.48. The van der Waals surface area contributed by atoms with Crippen LogP contribution in [0.25, 0.3) is 10.9 Å². The van der Waals surface area contributed by atoms with Crippen molar-refractivity contribution in [3.63, 3.8) is 0 Å². The third kappa shape index (κ3) is 2.77. The summed E-state index contributed by atoms with van der Waals surface area (Å²) in [6.45, 7) is 0.395. The van der Waals surface area contributed by atoms with Gasteiger partial charge in [0.25, 0.3) is 0 Å². The van der Waals surface area contributed by atoms with Crippen LogP contribution >= 0.6 is 11.3 Å². The number of rotatable bonds is 5. The highest BCUT2D eigenvalue weighted by molar-refractivity contribution is 7.91. The van der Waals surface area contributed by atoms with Crippen LogP contribution in [-0.2, 0) is 16.4 Å². The van der Waals surface area contributed by atoms with E-state index in [1.807, 2.05) is 24.4 Å². The molecule has 0 bridgehead atoms. The Morgan fingerprint density at radius 1 is 1.20 bits per heavy atom. The van der Waals surface area contributed by atoms with Crippen LogP contribution in [0.3, 0.4) is 0 Å². The van der Waals surface area contributed by atoms with Crippen LogP contribution in [0.2, 0.25) is 0 Å². The number of aromatic nitrogens is 1. The smallest absolute Gasteiger partial charge is 0.250 e. The Labute approximate surface area is 121 Å². The van der Waals surface area contributed by atoms with E-state index in [1.54, 1.807) is 17.5 Å². The lowest BCUT2D eigenvalue weighted by Gasteiger charge is -2.05. The number of thiophene rings is 1. The first-order chi connectivity index (χ1) is 9.65. The maximum atomic E-state index is 11.9. The second kappa shape index (κ2) is 5.40. The predicted molar refractivity (Wildman–Crippen MR) is 81.5 cm³/mol. The van der Waals surface area contributed by atoms with E-state index >= 15 is 0 Å². The van der Waals surface area contributed by atoms with Gasteiger partial charge in [-0.25, -0.2) is 13.1 Å². The molecule has 0 saturated heterocycles.